The van der Waals surface area contributed by atoms with Crippen LogP contribution in [0.15, 0.2) is 36.4 Å². The lowest BCUT2D eigenvalue weighted by molar-refractivity contribution is -0.137. The number of nitrogens with zero attached hydrogens (tertiary/aromatic N) is 1. The second kappa shape index (κ2) is 7.83. The maximum Gasteiger partial charge on any atom is 0.416 e. The van der Waals surface area contributed by atoms with Crippen molar-refractivity contribution < 1.29 is 18.0 Å². The maximum atomic E-state index is 12.8. The molecule has 2 aromatic rings. The Bertz CT molecular complexity index is 694. The highest BCUT2D eigenvalue weighted by molar-refractivity contribution is 7.17. The van der Waals surface area contributed by atoms with Gasteiger partial charge in [0.05, 0.1) is 10.4 Å². The first-order valence-electron chi connectivity index (χ1n) is 7.93. The Morgan fingerprint density at radius 3 is 2.54 bits per heavy atom. The third kappa shape index (κ3) is 4.38. The summed E-state index contributed by atoms with van der Waals surface area (Å²) in [6.07, 6.45) is -2.43. The van der Waals surface area contributed by atoms with Gasteiger partial charge in [-0.2, -0.15) is 13.2 Å². The largest absolute Gasteiger partial charge is 0.416 e. The average Bonchev–Trinajstić information content (AvgIpc) is 3.04. The molecule has 0 radical (unpaired) electrons. The Balaban J connectivity index is 2.23. The first-order valence-corrected chi connectivity index (χ1v) is 8.75. The van der Waals surface area contributed by atoms with Crippen LogP contribution in [0.4, 0.5) is 13.2 Å². The van der Waals surface area contributed by atoms with Crippen LogP contribution in [-0.2, 0) is 6.18 Å². The third-order valence-corrected chi connectivity index (χ3v) is 4.86. The lowest BCUT2D eigenvalue weighted by atomic mass is 10.1. The SMILES string of the molecule is CCCCN(CC)C(=O)c1ccc(-c2cccc(C(F)(F)F)c2)s1. The van der Waals surface area contributed by atoms with Crippen LogP contribution in [0, 0.1) is 0 Å². The average molecular weight is 355 g/mol. The van der Waals surface area contributed by atoms with Crippen molar-refractivity contribution in [1.29, 1.82) is 0 Å². The summed E-state index contributed by atoms with van der Waals surface area (Å²) in [6.45, 7) is 5.31. The molecule has 130 valence electrons. The van der Waals surface area contributed by atoms with Crippen LogP contribution in [-0.4, -0.2) is 23.9 Å². The van der Waals surface area contributed by atoms with Crippen LogP contribution in [0.3, 0.4) is 0 Å². The van der Waals surface area contributed by atoms with Gasteiger partial charge >= 0.3 is 6.18 Å². The van der Waals surface area contributed by atoms with Gasteiger partial charge in [0.1, 0.15) is 0 Å². The topological polar surface area (TPSA) is 20.3 Å². The normalized spacial score (nSPS) is 11.5. The van der Waals surface area contributed by atoms with E-state index in [0.717, 1.165) is 25.0 Å². The zero-order valence-electron chi connectivity index (χ0n) is 13.7. The summed E-state index contributed by atoms with van der Waals surface area (Å²) >= 11 is 1.23. The van der Waals surface area contributed by atoms with Gasteiger partial charge in [0.2, 0.25) is 0 Å². The van der Waals surface area contributed by atoms with Crippen molar-refractivity contribution in [3.63, 3.8) is 0 Å². The molecule has 1 heterocycles. The molecule has 0 fully saturated rings. The molecule has 0 spiro atoms. The molecule has 0 aliphatic heterocycles. The Kier molecular flexibility index (Phi) is 6.04. The van der Waals surface area contributed by atoms with Crippen molar-refractivity contribution in [3.8, 4) is 10.4 Å². The highest BCUT2D eigenvalue weighted by Gasteiger charge is 2.30. The van der Waals surface area contributed by atoms with Crippen LogP contribution in [0.5, 0.6) is 0 Å². The van der Waals surface area contributed by atoms with Gasteiger partial charge in [-0.05, 0) is 43.2 Å². The number of alkyl halides is 3. The molecule has 6 heteroatoms. The van der Waals surface area contributed by atoms with Gasteiger partial charge in [-0.3, -0.25) is 4.79 Å². The van der Waals surface area contributed by atoms with E-state index in [1.54, 1.807) is 23.1 Å². The van der Waals surface area contributed by atoms with Gasteiger partial charge in [0, 0.05) is 18.0 Å². The van der Waals surface area contributed by atoms with Crippen LogP contribution in [0.2, 0.25) is 0 Å². The maximum absolute atomic E-state index is 12.8. The van der Waals surface area contributed by atoms with E-state index in [0.29, 0.717) is 28.4 Å². The molecule has 0 saturated carbocycles. The number of benzene rings is 1. The van der Waals surface area contributed by atoms with Crippen molar-refractivity contribution in [2.75, 3.05) is 13.1 Å². The second-order valence-electron chi connectivity index (χ2n) is 5.48. The van der Waals surface area contributed by atoms with Gasteiger partial charge in [-0.15, -0.1) is 11.3 Å². The first-order chi connectivity index (χ1) is 11.4. The highest BCUT2D eigenvalue weighted by atomic mass is 32.1. The monoisotopic (exact) mass is 355 g/mol. The Hall–Kier alpha value is -1.82. The van der Waals surface area contributed by atoms with E-state index in [4.69, 9.17) is 0 Å². The van der Waals surface area contributed by atoms with Crippen LogP contribution in [0.1, 0.15) is 41.9 Å². The number of carbonyl (C=O) groups excluding carboxylic acids is 1. The lowest BCUT2D eigenvalue weighted by Gasteiger charge is -2.19. The Morgan fingerprint density at radius 2 is 1.92 bits per heavy atom. The Morgan fingerprint density at radius 1 is 1.17 bits per heavy atom. The number of halogens is 3. The van der Waals surface area contributed by atoms with Gasteiger partial charge in [-0.1, -0.05) is 25.5 Å². The molecule has 1 amide bonds. The summed E-state index contributed by atoms with van der Waals surface area (Å²) < 4.78 is 38.5. The van der Waals surface area contributed by atoms with Gasteiger partial charge in [-0.25, -0.2) is 0 Å². The standard InChI is InChI=1S/C18H20F3NOS/c1-3-5-11-22(4-2)17(23)16-10-9-15(24-16)13-7-6-8-14(12-13)18(19,20)21/h6-10,12H,3-5,11H2,1-2H3. The van der Waals surface area contributed by atoms with Gasteiger partial charge < -0.3 is 4.90 Å². The molecule has 24 heavy (non-hydrogen) atoms. The van der Waals surface area contributed by atoms with E-state index < -0.39 is 11.7 Å². The number of thiophene rings is 1. The summed E-state index contributed by atoms with van der Waals surface area (Å²) in [7, 11) is 0. The molecule has 0 aliphatic rings. The minimum Gasteiger partial charge on any atom is -0.338 e. The molecule has 1 aromatic heterocycles. The number of amides is 1. The number of hydrogen-bond acceptors (Lipinski definition) is 2. The molecule has 0 unspecified atom stereocenters. The summed E-state index contributed by atoms with van der Waals surface area (Å²) in [4.78, 5) is 15.5. The smallest absolute Gasteiger partial charge is 0.338 e. The van der Waals surface area contributed by atoms with Crippen LogP contribution in [0.25, 0.3) is 10.4 Å². The molecule has 0 N–H and O–H groups in total. The highest BCUT2D eigenvalue weighted by Crippen LogP contribution is 2.34. The molecule has 1 aromatic carbocycles. The number of hydrogen-bond donors (Lipinski definition) is 0. The molecule has 0 aliphatic carbocycles. The van der Waals surface area contributed by atoms with Crippen molar-refractivity contribution in [2.45, 2.75) is 32.9 Å². The van der Waals surface area contributed by atoms with E-state index >= 15 is 0 Å². The summed E-state index contributed by atoms with van der Waals surface area (Å²) in [6, 6.07) is 8.59. The minimum absolute atomic E-state index is 0.0609. The Labute approximate surface area is 143 Å². The summed E-state index contributed by atoms with van der Waals surface area (Å²) in [5, 5.41) is 0. The summed E-state index contributed by atoms with van der Waals surface area (Å²) in [5.41, 5.74) is -0.204. The van der Waals surface area contributed by atoms with E-state index in [-0.39, 0.29) is 5.91 Å². The van der Waals surface area contributed by atoms with Crippen molar-refractivity contribution in [1.82, 2.24) is 4.90 Å². The second-order valence-corrected chi connectivity index (χ2v) is 6.56. The summed E-state index contributed by atoms with van der Waals surface area (Å²) in [5.74, 6) is -0.0609. The predicted molar refractivity (Wildman–Crippen MR) is 91.2 cm³/mol. The fourth-order valence-corrected chi connectivity index (χ4v) is 3.34. The number of unbranched alkanes of at least 4 members (excludes halogenated alkanes) is 1. The predicted octanol–water partition coefficient (Wildman–Crippen LogP) is 5.70. The minimum atomic E-state index is -4.37. The molecule has 0 saturated heterocycles. The van der Waals surface area contributed by atoms with Crippen molar-refractivity contribution >= 4 is 17.2 Å². The van der Waals surface area contributed by atoms with Gasteiger partial charge in [0.15, 0.2) is 0 Å². The third-order valence-electron chi connectivity index (χ3n) is 3.74. The molecule has 2 rings (SSSR count). The van der Waals surface area contributed by atoms with E-state index in [2.05, 4.69) is 6.92 Å². The van der Waals surface area contributed by atoms with E-state index in [9.17, 15) is 18.0 Å². The van der Waals surface area contributed by atoms with Gasteiger partial charge in [0.25, 0.3) is 5.91 Å². The van der Waals surface area contributed by atoms with E-state index in [1.807, 2.05) is 6.92 Å². The van der Waals surface area contributed by atoms with Crippen LogP contribution >= 0.6 is 11.3 Å². The molecular formula is C18H20F3NOS. The van der Waals surface area contributed by atoms with Crippen molar-refractivity contribution in [2.24, 2.45) is 0 Å². The lowest BCUT2D eigenvalue weighted by Crippen LogP contribution is -2.31. The van der Waals surface area contributed by atoms with Crippen molar-refractivity contribution in [3.05, 3.63) is 46.8 Å². The molecular weight excluding hydrogens is 335 g/mol. The van der Waals surface area contributed by atoms with E-state index in [1.165, 1.54) is 17.4 Å². The van der Waals surface area contributed by atoms with Crippen LogP contribution < -0.4 is 0 Å². The zero-order chi connectivity index (χ0) is 17.7. The quantitative estimate of drug-likeness (QED) is 0.651. The number of rotatable bonds is 6. The number of carbonyl (C=O) groups is 1. The molecule has 0 bridgehead atoms. The fraction of sp³-hybridized carbons (Fsp3) is 0.389. The zero-order valence-corrected chi connectivity index (χ0v) is 14.5. The first kappa shape index (κ1) is 18.5. The molecule has 2 nitrogen and oxygen atoms in total. The molecule has 0 atom stereocenters. The fourth-order valence-electron chi connectivity index (χ4n) is 2.36.